The van der Waals surface area contributed by atoms with Gasteiger partial charge in [-0.3, -0.25) is 9.59 Å². The van der Waals surface area contributed by atoms with E-state index < -0.39 is 11.6 Å². The molecule has 2 rings (SSSR count). The zero-order valence-corrected chi connectivity index (χ0v) is 20.7. The minimum Gasteiger partial charge on any atom is -0.484 e. The van der Waals surface area contributed by atoms with Crippen LogP contribution >= 0.6 is 11.6 Å². The van der Waals surface area contributed by atoms with Crippen LogP contribution in [0.15, 0.2) is 48.5 Å². The lowest BCUT2D eigenvalue weighted by Crippen LogP contribution is -2.54. The Bertz CT molecular complexity index is 887. The lowest BCUT2D eigenvalue weighted by atomic mass is 10.0. The smallest absolute Gasteiger partial charge is 0.261 e. The topological polar surface area (TPSA) is 58.6 Å². The molecule has 2 aromatic carbocycles. The molecule has 0 heterocycles. The Balaban J connectivity index is 2.20. The number of carbonyl (C=O) groups excluding carboxylic acids is 2. The van der Waals surface area contributed by atoms with E-state index in [1.165, 1.54) is 5.56 Å². The highest BCUT2D eigenvalue weighted by molar-refractivity contribution is 6.30. The third kappa shape index (κ3) is 7.86. The summed E-state index contributed by atoms with van der Waals surface area (Å²) in [6.07, 6.45) is 0.490. The van der Waals surface area contributed by atoms with Crippen LogP contribution in [-0.2, 0) is 16.1 Å². The van der Waals surface area contributed by atoms with E-state index in [0.717, 1.165) is 5.56 Å². The van der Waals surface area contributed by atoms with Crippen molar-refractivity contribution in [2.24, 2.45) is 0 Å². The summed E-state index contributed by atoms with van der Waals surface area (Å²) >= 11 is 6.01. The van der Waals surface area contributed by atoms with Gasteiger partial charge in [0.05, 0.1) is 0 Å². The highest BCUT2D eigenvalue weighted by Gasteiger charge is 2.30. The SMILES string of the molecule is CC[C@H](C(=O)NC(C)(C)C)N(Cc1ccc(Cl)cc1)C(=O)COc1ccc(C(C)C)cc1. The summed E-state index contributed by atoms with van der Waals surface area (Å²) in [7, 11) is 0. The van der Waals surface area contributed by atoms with Crippen molar-refractivity contribution in [2.75, 3.05) is 6.61 Å². The van der Waals surface area contributed by atoms with Crippen molar-refractivity contribution in [1.29, 1.82) is 0 Å². The quantitative estimate of drug-likeness (QED) is 0.534. The van der Waals surface area contributed by atoms with Crippen LogP contribution in [0, 0.1) is 0 Å². The van der Waals surface area contributed by atoms with E-state index in [4.69, 9.17) is 16.3 Å². The van der Waals surface area contributed by atoms with Crippen molar-refractivity contribution in [3.63, 3.8) is 0 Å². The molecule has 0 spiro atoms. The highest BCUT2D eigenvalue weighted by atomic mass is 35.5. The Morgan fingerprint density at radius 1 is 1.03 bits per heavy atom. The maximum atomic E-state index is 13.2. The normalized spacial score (nSPS) is 12.4. The van der Waals surface area contributed by atoms with Gasteiger partial charge in [0.15, 0.2) is 6.61 Å². The number of rotatable bonds is 9. The largest absolute Gasteiger partial charge is 0.484 e. The lowest BCUT2D eigenvalue weighted by Gasteiger charge is -2.33. The van der Waals surface area contributed by atoms with Crippen LogP contribution < -0.4 is 10.1 Å². The first-order valence-electron chi connectivity index (χ1n) is 11.1. The first-order valence-corrected chi connectivity index (χ1v) is 11.5. The summed E-state index contributed by atoms with van der Waals surface area (Å²) in [5.41, 5.74) is 1.71. The monoisotopic (exact) mass is 458 g/mol. The molecule has 2 aromatic rings. The molecule has 0 radical (unpaired) electrons. The van der Waals surface area contributed by atoms with Crippen molar-refractivity contribution >= 4 is 23.4 Å². The van der Waals surface area contributed by atoms with Gasteiger partial charge in [-0.15, -0.1) is 0 Å². The average molecular weight is 459 g/mol. The number of hydrogen-bond donors (Lipinski definition) is 1. The second-order valence-electron chi connectivity index (χ2n) is 9.32. The zero-order chi connectivity index (χ0) is 23.9. The van der Waals surface area contributed by atoms with Gasteiger partial charge in [0.2, 0.25) is 5.91 Å². The fraction of sp³-hybridized carbons (Fsp3) is 0.462. The zero-order valence-electron chi connectivity index (χ0n) is 19.9. The van der Waals surface area contributed by atoms with Crippen molar-refractivity contribution in [3.8, 4) is 5.75 Å². The molecular weight excluding hydrogens is 424 g/mol. The van der Waals surface area contributed by atoms with Gasteiger partial charge < -0.3 is 15.0 Å². The molecular formula is C26H35ClN2O3. The number of nitrogens with one attached hydrogen (secondary N) is 1. The molecule has 5 nitrogen and oxygen atoms in total. The Kier molecular flexibility index (Phi) is 9.14. The third-order valence-corrected chi connectivity index (χ3v) is 5.31. The minimum absolute atomic E-state index is 0.145. The average Bonchev–Trinajstić information content (AvgIpc) is 2.72. The summed E-state index contributed by atoms with van der Waals surface area (Å²) in [5.74, 6) is 0.626. The number of ether oxygens (including phenoxy) is 1. The van der Waals surface area contributed by atoms with Gasteiger partial charge in [-0.2, -0.15) is 0 Å². The molecule has 0 aliphatic carbocycles. The van der Waals surface area contributed by atoms with E-state index >= 15 is 0 Å². The van der Waals surface area contributed by atoms with E-state index in [0.29, 0.717) is 29.7 Å². The van der Waals surface area contributed by atoms with Gasteiger partial charge in [-0.25, -0.2) is 0 Å². The third-order valence-electron chi connectivity index (χ3n) is 5.06. The molecule has 32 heavy (non-hydrogen) atoms. The minimum atomic E-state index is -0.607. The van der Waals surface area contributed by atoms with Crippen molar-refractivity contribution in [3.05, 3.63) is 64.7 Å². The van der Waals surface area contributed by atoms with Gasteiger partial charge >= 0.3 is 0 Å². The van der Waals surface area contributed by atoms with Gasteiger partial charge in [0, 0.05) is 17.1 Å². The van der Waals surface area contributed by atoms with E-state index in [2.05, 4.69) is 19.2 Å². The van der Waals surface area contributed by atoms with Crippen LogP contribution in [0.3, 0.4) is 0 Å². The summed E-state index contributed by atoms with van der Waals surface area (Å²) in [5, 5.41) is 3.62. The molecule has 0 saturated carbocycles. The van der Waals surface area contributed by atoms with Crippen molar-refractivity contribution in [2.45, 2.75) is 72.0 Å². The van der Waals surface area contributed by atoms with Gasteiger partial charge in [-0.05, 0) is 68.5 Å². The molecule has 174 valence electrons. The molecule has 6 heteroatoms. The predicted octanol–water partition coefficient (Wildman–Crippen LogP) is 5.56. The fourth-order valence-corrected chi connectivity index (χ4v) is 3.46. The van der Waals surface area contributed by atoms with E-state index in [1.54, 1.807) is 17.0 Å². The Hall–Kier alpha value is -2.53. The number of carbonyl (C=O) groups is 2. The van der Waals surface area contributed by atoms with Gasteiger partial charge in [0.25, 0.3) is 5.91 Å². The predicted molar refractivity (Wildman–Crippen MR) is 130 cm³/mol. The second-order valence-corrected chi connectivity index (χ2v) is 9.76. The second kappa shape index (κ2) is 11.4. The van der Waals surface area contributed by atoms with Gasteiger partial charge in [0.1, 0.15) is 11.8 Å². The molecule has 0 aromatic heterocycles. The van der Waals surface area contributed by atoms with Crippen LogP contribution in [0.2, 0.25) is 5.02 Å². The number of nitrogens with zero attached hydrogens (tertiary/aromatic N) is 1. The molecule has 0 saturated heterocycles. The van der Waals surface area contributed by atoms with E-state index in [1.807, 2.05) is 64.1 Å². The fourth-order valence-electron chi connectivity index (χ4n) is 3.34. The van der Waals surface area contributed by atoms with E-state index in [9.17, 15) is 9.59 Å². The Morgan fingerprint density at radius 3 is 2.12 bits per heavy atom. The summed E-state index contributed by atoms with van der Waals surface area (Å²) in [6, 6.07) is 14.4. The lowest BCUT2D eigenvalue weighted by molar-refractivity contribution is -0.143. The molecule has 0 bridgehead atoms. The van der Waals surface area contributed by atoms with Crippen LogP contribution in [0.5, 0.6) is 5.75 Å². The molecule has 0 fully saturated rings. The van der Waals surface area contributed by atoms with Crippen molar-refractivity contribution < 1.29 is 14.3 Å². The number of halogens is 1. The number of benzene rings is 2. The van der Waals surface area contributed by atoms with Crippen LogP contribution in [-0.4, -0.2) is 34.9 Å². The molecule has 1 N–H and O–H groups in total. The van der Waals surface area contributed by atoms with Crippen LogP contribution in [0.4, 0.5) is 0 Å². The van der Waals surface area contributed by atoms with Crippen LogP contribution in [0.1, 0.15) is 65.0 Å². The summed E-state index contributed by atoms with van der Waals surface area (Å²) in [4.78, 5) is 27.8. The van der Waals surface area contributed by atoms with E-state index in [-0.39, 0.29) is 18.4 Å². The first kappa shape index (κ1) is 25.7. The Morgan fingerprint density at radius 2 is 1.62 bits per heavy atom. The molecule has 1 atom stereocenters. The van der Waals surface area contributed by atoms with Gasteiger partial charge in [-0.1, -0.05) is 56.6 Å². The molecule has 0 unspecified atom stereocenters. The summed E-state index contributed by atoms with van der Waals surface area (Å²) < 4.78 is 5.77. The number of amides is 2. The standard InChI is InChI=1S/C26H35ClN2O3/c1-7-23(25(31)28-26(4,5)6)29(16-19-8-12-21(27)13-9-19)24(30)17-32-22-14-10-20(11-15-22)18(2)3/h8-15,18,23H,7,16-17H2,1-6H3,(H,28,31)/t23-/m1/s1. The molecule has 0 aliphatic heterocycles. The van der Waals surface area contributed by atoms with Crippen molar-refractivity contribution in [1.82, 2.24) is 10.2 Å². The highest BCUT2D eigenvalue weighted by Crippen LogP contribution is 2.20. The van der Waals surface area contributed by atoms with Crippen LogP contribution in [0.25, 0.3) is 0 Å². The molecule has 2 amide bonds. The first-order chi connectivity index (χ1) is 15.0. The molecule has 0 aliphatic rings. The maximum Gasteiger partial charge on any atom is 0.261 e. The maximum absolute atomic E-state index is 13.2. The number of hydrogen-bond acceptors (Lipinski definition) is 3. The Labute approximate surface area is 197 Å². The summed E-state index contributed by atoms with van der Waals surface area (Å²) in [6.45, 7) is 12.1.